The Morgan fingerprint density at radius 3 is 3.00 bits per heavy atom. The van der Waals surface area contributed by atoms with Gasteiger partial charge < -0.3 is 0 Å². The van der Waals surface area contributed by atoms with Crippen molar-refractivity contribution < 1.29 is 0 Å². The van der Waals surface area contributed by atoms with Gasteiger partial charge in [-0.25, -0.2) is 0 Å². The van der Waals surface area contributed by atoms with E-state index in [4.69, 9.17) is 0 Å². The summed E-state index contributed by atoms with van der Waals surface area (Å²) in [5.41, 5.74) is 1.48. The van der Waals surface area contributed by atoms with Gasteiger partial charge in [0.1, 0.15) is 0 Å². The van der Waals surface area contributed by atoms with Crippen molar-refractivity contribution in [3.8, 4) is 0 Å². The molecule has 0 spiro atoms. The lowest BCUT2D eigenvalue weighted by Crippen LogP contribution is -2.03. The second-order valence-corrected chi connectivity index (χ2v) is 4.54. The summed E-state index contributed by atoms with van der Waals surface area (Å²) in [6, 6.07) is 0. The molecule has 1 saturated carbocycles. The van der Waals surface area contributed by atoms with E-state index in [1.165, 1.54) is 28.5 Å². The Labute approximate surface area is 86.5 Å². The SMILES string of the molecule is CCCn1ncc(I)c1C1CC1. The van der Waals surface area contributed by atoms with Crippen LogP contribution in [0.4, 0.5) is 0 Å². The average molecular weight is 276 g/mol. The molecule has 1 aromatic rings. The Morgan fingerprint density at radius 1 is 1.67 bits per heavy atom. The van der Waals surface area contributed by atoms with Gasteiger partial charge in [0, 0.05) is 12.5 Å². The smallest absolute Gasteiger partial charge is 0.0626 e. The van der Waals surface area contributed by atoms with E-state index >= 15 is 0 Å². The van der Waals surface area contributed by atoms with Crippen LogP contribution in [0.5, 0.6) is 0 Å². The summed E-state index contributed by atoms with van der Waals surface area (Å²) in [6.45, 7) is 3.28. The van der Waals surface area contributed by atoms with E-state index in [1.54, 1.807) is 0 Å². The third-order valence-corrected chi connectivity index (χ3v) is 3.06. The van der Waals surface area contributed by atoms with Gasteiger partial charge in [-0.1, -0.05) is 6.92 Å². The fraction of sp³-hybridized carbons (Fsp3) is 0.667. The van der Waals surface area contributed by atoms with Crippen LogP contribution >= 0.6 is 22.6 Å². The van der Waals surface area contributed by atoms with Crippen LogP contribution in [0.2, 0.25) is 0 Å². The molecule has 0 bridgehead atoms. The first-order chi connectivity index (χ1) is 5.83. The molecule has 1 aromatic heterocycles. The van der Waals surface area contributed by atoms with Gasteiger partial charge in [-0.3, -0.25) is 4.68 Å². The van der Waals surface area contributed by atoms with Crippen LogP contribution in [0, 0.1) is 3.57 Å². The Kier molecular flexibility index (Phi) is 2.39. The molecule has 1 aliphatic rings. The topological polar surface area (TPSA) is 17.8 Å². The zero-order valence-electron chi connectivity index (χ0n) is 7.26. The van der Waals surface area contributed by atoms with E-state index in [1.807, 2.05) is 6.20 Å². The lowest BCUT2D eigenvalue weighted by molar-refractivity contribution is 0.574. The number of aromatic nitrogens is 2. The minimum Gasteiger partial charge on any atom is -0.268 e. The van der Waals surface area contributed by atoms with Crippen LogP contribution in [-0.4, -0.2) is 9.78 Å². The van der Waals surface area contributed by atoms with E-state index < -0.39 is 0 Å². The highest BCUT2D eigenvalue weighted by Gasteiger charge is 2.29. The fourth-order valence-corrected chi connectivity index (χ4v) is 2.37. The summed E-state index contributed by atoms with van der Waals surface area (Å²) in [5.74, 6) is 0.825. The molecule has 1 heterocycles. The van der Waals surface area contributed by atoms with Gasteiger partial charge in [-0.2, -0.15) is 5.10 Å². The third-order valence-electron chi connectivity index (χ3n) is 2.23. The molecule has 0 unspecified atom stereocenters. The molecular weight excluding hydrogens is 263 g/mol. The van der Waals surface area contributed by atoms with Crippen molar-refractivity contribution in [3.63, 3.8) is 0 Å². The van der Waals surface area contributed by atoms with Crippen molar-refractivity contribution in [2.75, 3.05) is 0 Å². The van der Waals surface area contributed by atoms with E-state index in [-0.39, 0.29) is 0 Å². The zero-order valence-corrected chi connectivity index (χ0v) is 9.41. The van der Waals surface area contributed by atoms with Gasteiger partial charge in [0.2, 0.25) is 0 Å². The quantitative estimate of drug-likeness (QED) is 0.776. The van der Waals surface area contributed by atoms with Crippen molar-refractivity contribution in [2.24, 2.45) is 0 Å². The predicted octanol–water partition coefficient (Wildman–Crippen LogP) is 2.78. The molecule has 0 atom stereocenters. The highest BCUT2D eigenvalue weighted by Crippen LogP contribution is 2.41. The Balaban J connectivity index is 2.27. The van der Waals surface area contributed by atoms with Crippen molar-refractivity contribution >= 4 is 22.6 Å². The molecule has 0 N–H and O–H groups in total. The summed E-state index contributed by atoms with van der Waals surface area (Å²) >= 11 is 2.39. The van der Waals surface area contributed by atoms with Crippen molar-refractivity contribution in [3.05, 3.63) is 15.5 Å². The van der Waals surface area contributed by atoms with Crippen molar-refractivity contribution in [2.45, 2.75) is 38.6 Å². The molecule has 0 saturated heterocycles. The van der Waals surface area contributed by atoms with Gasteiger partial charge in [-0.05, 0) is 41.9 Å². The minimum atomic E-state index is 0.825. The van der Waals surface area contributed by atoms with Gasteiger partial charge in [-0.15, -0.1) is 0 Å². The molecule has 0 aromatic carbocycles. The molecule has 0 amide bonds. The van der Waals surface area contributed by atoms with E-state index in [0.29, 0.717) is 0 Å². The summed E-state index contributed by atoms with van der Waals surface area (Å²) in [5, 5.41) is 4.38. The number of rotatable bonds is 3. The normalized spacial score (nSPS) is 16.8. The highest BCUT2D eigenvalue weighted by molar-refractivity contribution is 14.1. The molecule has 0 radical (unpaired) electrons. The summed E-state index contributed by atoms with van der Waals surface area (Å²) in [7, 11) is 0. The zero-order chi connectivity index (χ0) is 8.55. The van der Waals surface area contributed by atoms with Crippen LogP contribution in [0.1, 0.15) is 37.8 Å². The minimum absolute atomic E-state index is 0.825. The number of aryl methyl sites for hydroxylation is 1. The lowest BCUT2D eigenvalue weighted by Gasteiger charge is -2.04. The molecule has 66 valence electrons. The molecule has 2 rings (SSSR count). The van der Waals surface area contributed by atoms with Crippen LogP contribution in [0.3, 0.4) is 0 Å². The first kappa shape index (κ1) is 8.53. The Morgan fingerprint density at radius 2 is 2.42 bits per heavy atom. The monoisotopic (exact) mass is 276 g/mol. The lowest BCUT2D eigenvalue weighted by atomic mass is 10.3. The van der Waals surface area contributed by atoms with Gasteiger partial charge >= 0.3 is 0 Å². The number of hydrogen-bond acceptors (Lipinski definition) is 1. The van der Waals surface area contributed by atoms with E-state index in [0.717, 1.165) is 12.5 Å². The predicted molar refractivity (Wildman–Crippen MR) is 57.2 cm³/mol. The van der Waals surface area contributed by atoms with E-state index in [2.05, 4.69) is 39.3 Å². The maximum Gasteiger partial charge on any atom is 0.0626 e. The largest absolute Gasteiger partial charge is 0.268 e. The van der Waals surface area contributed by atoms with Gasteiger partial charge in [0.05, 0.1) is 15.5 Å². The molecule has 2 nitrogen and oxygen atoms in total. The molecule has 12 heavy (non-hydrogen) atoms. The van der Waals surface area contributed by atoms with Gasteiger partial charge in [0.15, 0.2) is 0 Å². The Bertz CT molecular complexity index is 276. The Hall–Kier alpha value is -0.0600. The van der Waals surface area contributed by atoms with Gasteiger partial charge in [0.25, 0.3) is 0 Å². The average Bonchev–Trinajstić information content (AvgIpc) is 2.80. The summed E-state index contributed by atoms with van der Waals surface area (Å²) < 4.78 is 3.53. The third kappa shape index (κ3) is 1.51. The number of nitrogens with zero attached hydrogens (tertiary/aromatic N) is 2. The molecule has 0 aliphatic heterocycles. The van der Waals surface area contributed by atoms with Crippen LogP contribution in [-0.2, 0) is 6.54 Å². The van der Waals surface area contributed by atoms with Crippen molar-refractivity contribution in [1.29, 1.82) is 0 Å². The number of halogens is 1. The second kappa shape index (κ2) is 3.36. The maximum absolute atomic E-state index is 4.38. The summed E-state index contributed by atoms with van der Waals surface area (Å²) in [4.78, 5) is 0. The second-order valence-electron chi connectivity index (χ2n) is 3.38. The first-order valence-corrected chi connectivity index (χ1v) is 5.62. The van der Waals surface area contributed by atoms with Crippen LogP contribution < -0.4 is 0 Å². The maximum atomic E-state index is 4.38. The highest BCUT2D eigenvalue weighted by atomic mass is 127. The standard InChI is InChI=1S/C9H13IN2/c1-2-5-12-9(7-3-4-7)8(10)6-11-12/h6-7H,2-5H2,1H3. The van der Waals surface area contributed by atoms with Crippen molar-refractivity contribution in [1.82, 2.24) is 9.78 Å². The number of hydrogen-bond donors (Lipinski definition) is 0. The molecule has 3 heteroatoms. The van der Waals surface area contributed by atoms with E-state index in [9.17, 15) is 0 Å². The molecule has 1 fully saturated rings. The van der Waals surface area contributed by atoms with Crippen LogP contribution in [0.15, 0.2) is 6.20 Å². The molecular formula is C9H13IN2. The first-order valence-electron chi connectivity index (χ1n) is 4.54. The fourth-order valence-electron chi connectivity index (χ4n) is 1.52. The molecule has 1 aliphatic carbocycles. The summed E-state index contributed by atoms with van der Waals surface area (Å²) in [6.07, 6.45) is 5.90. The van der Waals surface area contributed by atoms with Crippen LogP contribution in [0.25, 0.3) is 0 Å².